The second-order valence-electron chi connectivity index (χ2n) is 6.37. The van der Waals surface area contributed by atoms with Crippen molar-refractivity contribution in [3.05, 3.63) is 52.6 Å². The van der Waals surface area contributed by atoms with Gasteiger partial charge in [-0.25, -0.2) is 0 Å². The summed E-state index contributed by atoms with van der Waals surface area (Å²) in [5, 5.41) is 0. The van der Waals surface area contributed by atoms with E-state index in [1.807, 2.05) is 0 Å². The van der Waals surface area contributed by atoms with Crippen molar-refractivity contribution in [3.8, 4) is 23.0 Å². The summed E-state index contributed by atoms with van der Waals surface area (Å²) in [5.41, 5.74) is 0.866. The van der Waals surface area contributed by atoms with Crippen LogP contribution in [0.1, 0.15) is 21.5 Å². The van der Waals surface area contributed by atoms with Crippen molar-refractivity contribution in [1.29, 1.82) is 0 Å². The lowest BCUT2D eigenvalue weighted by atomic mass is 10.1. The standard InChI is InChI=1S/C20H14F6O5/c1-28-16-7-11-6-12(18(27)15(11)9-17(16)29-2)3-10-4-13(30-19(21,22)23)8-14(5-10)31-20(24,25)26/h3-5,7-9H,6H2,1-2H3. The molecule has 31 heavy (non-hydrogen) atoms. The largest absolute Gasteiger partial charge is 0.573 e. The number of rotatable bonds is 5. The van der Waals surface area contributed by atoms with Gasteiger partial charge in [0, 0.05) is 23.6 Å². The molecule has 0 saturated heterocycles. The van der Waals surface area contributed by atoms with Gasteiger partial charge in [0.2, 0.25) is 0 Å². The van der Waals surface area contributed by atoms with Gasteiger partial charge in [0.25, 0.3) is 0 Å². The Labute approximate surface area is 171 Å². The minimum atomic E-state index is -5.13. The van der Waals surface area contributed by atoms with E-state index in [1.54, 1.807) is 6.07 Å². The molecule has 0 fully saturated rings. The molecular formula is C20H14F6O5. The molecule has 0 bridgehead atoms. The number of hydrogen-bond acceptors (Lipinski definition) is 5. The molecule has 0 spiro atoms. The zero-order valence-electron chi connectivity index (χ0n) is 16.0. The quantitative estimate of drug-likeness (QED) is 0.458. The predicted molar refractivity (Wildman–Crippen MR) is 95.4 cm³/mol. The lowest BCUT2D eigenvalue weighted by Crippen LogP contribution is -2.19. The third kappa shape index (κ3) is 5.41. The van der Waals surface area contributed by atoms with Gasteiger partial charge in [0.05, 0.1) is 14.2 Å². The summed E-state index contributed by atoms with van der Waals surface area (Å²) >= 11 is 0. The van der Waals surface area contributed by atoms with Crippen LogP contribution in [-0.2, 0) is 6.42 Å². The number of halogens is 6. The van der Waals surface area contributed by atoms with Crippen LogP contribution < -0.4 is 18.9 Å². The van der Waals surface area contributed by atoms with Crippen molar-refractivity contribution in [2.75, 3.05) is 14.2 Å². The molecule has 166 valence electrons. The summed E-state index contributed by atoms with van der Waals surface area (Å²) in [6.45, 7) is 0. The van der Waals surface area contributed by atoms with Gasteiger partial charge < -0.3 is 18.9 Å². The highest BCUT2D eigenvalue weighted by Gasteiger charge is 2.34. The van der Waals surface area contributed by atoms with Crippen LogP contribution in [0.15, 0.2) is 35.9 Å². The van der Waals surface area contributed by atoms with Crippen LogP contribution in [0, 0.1) is 0 Å². The number of methoxy groups -OCH3 is 2. The molecule has 0 amide bonds. The summed E-state index contributed by atoms with van der Waals surface area (Å²) in [4.78, 5) is 12.7. The Kier molecular flexibility index (Phi) is 5.79. The van der Waals surface area contributed by atoms with Gasteiger partial charge in [-0.1, -0.05) is 0 Å². The Bertz CT molecular complexity index is 1010. The second-order valence-corrected chi connectivity index (χ2v) is 6.37. The fourth-order valence-corrected chi connectivity index (χ4v) is 3.12. The number of ether oxygens (including phenoxy) is 4. The minimum Gasteiger partial charge on any atom is -0.493 e. The van der Waals surface area contributed by atoms with Gasteiger partial charge >= 0.3 is 12.7 Å². The van der Waals surface area contributed by atoms with Crippen molar-refractivity contribution >= 4 is 11.9 Å². The van der Waals surface area contributed by atoms with Crippen LogP contribution in [-0.4, -0.2) is 32.7 Å². The number of ketones is 1. The first-order valence-electron chi connectivity index (χ1n) is 8.55. The molecule has 3 rings (SSSR count). The summed E-state index contributed by atoms with van der Waals surface area (Å²) < 4.78 is 93.1. The lowest BCUT2D eigenvalue weighted by Gasteiger charge is -2.13. The van der Waals surface area contributed by atoms with Gasteiger partial charge in [-0.3, -0.25) is 4.79 Å². The third-order valence-electron chi connectivity index (χ3n) is 4.24. The van der Waals surface area contributed by atoms with Crippen LogP contribution >= 0.6 is 0 Å². The van der Waals surface area contributed by atoms with E-state index in [4.69, 9.17) is 9.47 Å². The van der Waals surface area contributed by atoms with Crippen LogP contribution in [0.2, 0.25) is 0 Å². The van der Waals surface area contributed by atoms with Crippen LogP contribution in [0.5, 0.6) is 23.0 Å². The van der Waals surface area contributed by atoms with Crippen molar-refractivity contribution in [1.82, 2.24) is 0 Å². The molecule has 2 aromatic rings. The fourth-order valence-electron chi connectivity index (χ4n) is 3.12. The number of carbonyl (C=O) groups excluding carboxylic acids is 1. The molecule has 0 aromatic heterocycles. The van der Waals surface area contributed by atoms with Gasteiger partial charge in [-0.05, 0) is 41.5 Å². The highest BCUT2D eigenvalue weighted by Crippen LogP contribution is 2.38. The Morgan fingerprint density at radius 3 is 1.81 bits per heavy atom. The first-order valence-corrected chi connectivity index (χ1v) is 8.55. The summed E-state index contributed by atoms with van der Waals surface area (Å²) in [6.07, 6.45) is -9.00. The van der Waals surface area contributed by atoms with E-state index in [9.17, 15) is 31.1 Å². The number of allylic oxidation sites excluding steroid dienone is 1. The summed E-state index contributed by atoms with van der Waals surface area (Å²) in [6, 6.07) is 5.18. The van der Waals surface area contributed by atoms with Crippen molar-refractivity contribution < 1.29 is 50.1 Å². The average Bonchev–Trinajstić information content (AvgIpc) is 2.92. The first kappa shape index (κ1) is 22.3. The van der Waals surface area contributed by atoms with Crippen molar-refractivity contribution in [2.45, 2.75) is 19.1 Å². The molecule has 11 heteroatoms. The highest BCUT2D eigenvalue weighted by molar-refractivity contribution is 6.16. The summed E-state index contributed by atoms with van der Waals surface area (Å²) in [5.74, 6) is -1.62. The molecule has 0 atom stereocenters. The van der Waals surface area contributed by atoms with Crippen LogP contribution in [0.4, 0.5) is 26.3 Å². The normalized spacial score (nSPS) is 15.1. The molecule has 0 N–H and O–H groups in total. The van der Waals surface area contributed by atoms with Crippen LogP contribution in [0.25, 0.3) is 6.08 Å². The van der Waals surface area contributed by atoms with E-state index in [1.165, 1.54) is 26.4 Å². The number of hydrogen-bond donors (Lipinski definition) is 0. The fraction of sp³-hybridized carbons (Fsp3) is 0.250. The number of Topliss-reactive ketones (excluding diaryl/α,β-unsaturated/α-hetero) is 1. The maximum absolute atomic E-state index is 12.7. The maximum atomic E-state index is 12.7. The Balaban J connectivity index is 2.00. The topological polar surface area (TPSA) is 54.0 Å². The molecule has 0 radical (unpaired) electrons. The minimum absolute atomic E-state index is 0.0916. The predicted octanol–water partition coefficient (Wildman–Crippen LogP) is 5.32. The Morgan fingerprint density at radius 2 is 1.32 bits per heavy atom. The molecule has 0 heterocycles. The molecule has 2 aromatic carbocycles. The second kappa shape index (κ2) is 8.05. The lowest BCUT2D eigenvalue weighted by molar-refractivity contribution is -0.276. The molecular weight excluding hydrogens is 434 g/mol. The van der Waals surface area contributed by atoms with E-state index in [0.29, 0.717) is 28.7 Å². The molecule has 1 aliphatic rings. The first-order chi connectivity index (χ1) is 14.4. The van der Waals surface area contributed by atoms with E-state index in [-0.39, 0.29) is 17.6 Å². The number of benzene rings is 2. The van der Waals surface area contributed by atoms with Gasteiger partial charge in [0.15, 0.2) is 17.3 Å². The van der Waals surface area contributed by atoms with Crippen LogP contribution in [0.3, 0.4) is 0 Å². The zero-order chi connectivity index (χ0) is 23.0. The van der Waals surface area contributed by atoms with Crippen molar-refractivity contribution in [3.63, 3.8) is 0 Å². The van der Waals surface area contributed by atoms with Crippen molar-refractivity contribution in [2.24, 2.45) is 0 Å². The highest BCUT2D eigenvalue weighted by atomic mass is 19.4. The Hall–Kier alpha value is -3.37. The van der Waals surface area contributed by atoms with Gasteiger partial charge in [0.1, 0.15) is 11.5 Å². The SMILES string of the molecule is COc1cc2c(cc1OC)C(=O)C(=Cc1cc(OC(F)(F)F)cc(OC(F)(F)F)c1)C2. The van der Waals surface area contributed by atoms with Gasteiger partial charge in [-0.15, -0.1) is 26.3 Å². The Morgan fingerprint density at radius 1 is 0.806 bits per heavy atom. The van der Waals surface area contributed by atoms with E-state index in [2.05, 4.69) is 9.47 Å². The molecule has 0 unspecified atom stereocenters. The molecule has 1 aliphatic carbocycles. The molecule has 5 nitrogen and oxygen atoms in total. The maximum Gasteiger partial charge on any atom is 0.573 e. The van der Waals surface area contributed by atoms with Gasteiger partial charge in [-0.2, -0.15) is 0 Å². The monoisotopic (exact) mass is 448 g/mol. The van der Waals surface area contributed by atoms with E-state index in [0.717, 1.165) is 12.1 Å². The number of alkyl halides is 6. The zero-order valence-corrected chi connectivity index (χ0v) is 16.0. The summed E-state index contributed by atoms with van der Waals surface area (Å²) in [7, 11) is 2.79. The number of fused-ring (bicyclic) bond motifs is 1. The molecule has 0 aliphatic heterocycles. The average molecular weight is 448 g/mol. The molecule has 0 saturated carbocycles. The number of carbonyl (C=O) groups is 1. The van der Waals surface area contributed by atoms with E-state index >= 15 is 0 Å². The van der Waals surface area contributed by atoms with E-state index < -0.39 is 30.0 Å². The third-order valence-corrected chi connectivity index (χ3v) is 4.24. The smallest absolute Gasteiger partial charge is 0.493 e.